The van der Waals surface area contributed by atoms with Crippen LogP contribution in [0.15, 0.2) is 48.5 Å². The van der Waals surface area contributed by atoms with Crippen molar-refractivity contribution in [1.82, 2.24) is 10.2 Å². The lowest BCUT2D eigenvalue weighted by Crippen LogP contribution is -2.50. The second-order valence-electron chi connectivity index (χ2n) is 8.42. The van der Waals surface area contributed by atoms with Gasteiger partial charge in [0.2, 0.25) is 5.91 Å². The van der Waals surface area contributed by atoms with Gasteiger partial charge in [-0.3, -0.25) is 9.59 Å². The van der Waals surface area contributed by atoms with Gasteiger partial charge in [0.05, 0.1) is 5.92 Å². The average Bonchev–Trinajstić information content (AvgIpc) is 3.16. The Morgan fingerprint density at radius 2 is 1.68 bits per heavy atom. The highest BCUT2D eigenvalue weighted by Gasteiger charge is 2.31. The Kier molecular flexibility index (Phi) is 8.98. The van der Waals surface area contributed by atoms with E-state index in [4.69, 9.17) is 4.74 Å². The van der Waals surface area contributed by atoms with Gasteiger partial charge >= 0.3 is 12.1 Å². The van der Waals surface area contributed by atoms with Crippen molar-refractivity contribution in [2.75, 3.05) is 31.7 Å². The molecule has 0 heterocycles. The van der Waals surface area contributed by atoms with E-state index in [1.165, 1.54) is 4.90 Å². The predicted molar refractivity (Wildman–Crippen MR) is 134 cm³/mol. The first-order valence-electron chi connectivity index (χ1n) is 11.5. The molecular formula is C26H32N2O5S. The maximum atomic E-state index is 13.1. The Morgan fingerprint density at radius 3 is 2.21 bits per heavy atom. The number of benzene rings is 2. The number of carboxylic acid groups (broad SMARTS) is 1. The number of nitrogens with zero attached hydrogens (tertiary/aromatic N) is 1. The molecular weight excluding hydrogens is 452 g/mol. The quantitative estimate of drug-likeness (QED) is 0.496. The Hall–Kier alpha value is -3.00. The molecule has 7 nitrogen and oxygen atoms in total. The van der Waals surface area contributed by atoms with Crippen LogP contribution in [0.4, 0.5) is 4.79 Å². The molecule has 0 saturated heterocycles. The normalized spacial score (nSPS) is 14.0. The third kappa shape index (κ3) is 5.91. The standard InChI is InChI=1S/C26H32N2O5S/c1-4-28(15-17(2)25(30)31)24(29)23(13-14-34-3)27-26(32)33-16-22-20-11-7-5-9-18(20)19-10-6-8-12-21(19)22/h5-12,17,22-23H,4,13-16H2,1-3H3,(H,27,32)(H,30,31). The van der Waals surface area contributed by atoms with Crippen LogP contribution in [0, 0.1) is 5.92 Å². The van der Waals surface area contributed by atoms with Crippen molar-refractivity contribution in [2.24, 2.45) is 5.92 Å². The van der Waals surface area contributed by atoms with Crippen LogP contribution in [0.25, 0.3) is 11.1 Å². The molecule has 0 spiro atoms. The van der Waals surface area contributed by atoms with Gasteiger partial charge in [0.1, 0.15) is 12.6 Å². The predicted octanol–water partition coefficient (Wildman–Crippen LogP) is 4.22. The van der Waals surface area contributed by atoms with Gasteiger partial charge in [-0.05, 0) is 47.6 Å². The molecule has 2 atom stereocenters. The van der Waals surface area contributed by atoms with Crippen molar-refractivity contribution >= 4 is 29.7 Å². The third-order valence-corrected chi connectivity index (χ3v) is 6.80. The fourth-order valence-electron chi connectivity index (χ4n) is 4.28. The van der Waals surface area contributed by atoms with Crippen LogP contribution >= 0.6 is 11.8 Å². The van der Waals surface area contributed by atoms with Crippen molar-refractivity contribution in [3.05, 3.63) is 59.7 Å². The average molecular weight is 485 g/mol. The van der Waals surface area contributed by atoms with Crippen LogP contribution in [0.3, 0.4) is 0 Å². The summed E-state index contributed by atoms with van der Waals surface area (Å²) in [4.78, 5) is 38.6. The zero-order chi connectivity index (χ0) is 24.7. The highest BCUT2D eigenvalue weighted by atomic mass is 32.2. The van der Waals surface area contributed by atoms with Crippen LogP contribution in [0.1, 0.15) is 37.3 Å². The summed E-state index contributed by atoms with van der Waals surface area (Å²) in [6.07, 6.45) is 1.71. The van der Waals surface area contributed by atoms with E-state index in [1.54, 1.807) is 25.6 Å². The number of hydrogen-bond donors (Lipinski definition) is 2. The van der Waals surface area contributed by atoms with Gasteiger partial charge < -0.3 is 20.1 Å². The molecule has 0 bridgehead atoms. The van der Waals surface area contributed by atoms with Crippen molar-refractivity contribution in [1.29, 1.82) is 0 Å². The smallest absolute Gasteiger partial charge is 0.407 e. The molecule has 0 radical (unpaired) electrons. The van der Waals surface area contributed by atoms with Gasteiger partial charge in [0.25, 0.3) is 0 Å². The van der Waals surface area contributed by atoms with Crippen LogP contribution in [0.5, 0.6) is 0 Å². The Balaban J connectivity index is 1.67. The maximum absolute atomic E-state index is 13.1. The van der Waals surface area contributed by atoms with Crippen molar-refractivity contribution in [2.45, 2.75) is 32.2 Å². The summed E-state index contributed by atoms with van der Waals surface area (Å²) in [6.45, 7) is 3.97. The summed E-state index contributed by atoms with van der Waals surface area (Å²) < 4.78 is 5.61. The summed E-state index contributed by atoms with van der Waals surface area (Å²) in [7, 11) is 0. The van der Waals surface area contributed by atoms with E-state index in [0.29, 0.717) is 18.7 Å². The third-order valence-electron chi connectivity index (χ3n) is 6.15. The van der Waals surface area contributed by atoms with Crippen LogP contribution in [0.2, 0.25) is 0 Å². The fraction of sp³-hybridized carbons (Fsp3) is 0.423. The highest BCUT2D eigenvalue weighted by Crippen LogP contribution is 2.44. The minimum Gasteiger partial charge on any atom is -0.481 e. The van der Waals surface area contributed by atoms with E-state index in [9.17, 15) is 19.5 Å². The van der Waals surface area contributed by atoms with Crippen molar-refractivity contribution in [3.63, 3.8) is 0 Å². The van der Waals surface area contributed by atoms with Gasteiger partial charge in [-0.15, -0.1) is 0 Å². The zero-order valence-electron chi connectivity index (χ0n) is 19.8. The molecule has 3 rings (SSSR count). The van der Waals surface area contributed by atoms with Gasteiger partial charge in [0, 0.05) is 19.0 Å². The Bertz CT molecular complexity index is 982. The molecule has 2 amide bonds. The monoisotopic (exact) mass is 484 g/mol. The van der Waals surface area contributed by atoms with Gasteiger partial charge in [-0.1, -0.05) is 55.5 Å². The van der Waals surface area contributed by atoms with E-state index in [0.717, 1.165) is 22.3 Å². The molecule has 2 aromatic rings. The number of aliphatic carboxylic acids is 1. The Labute approximate surface area is 204 Å². The first kappa shape index (κ1) is 25.6. The molecule has 34 heavy (non-hydrogen) atoms. The van der Waals surface area contributed by atoms with E-state index >= 15 is 0 Å². The summed E-state index contributed by atoms with van der Waals surface area (Å²) in [6, 6.07) is 15.4. The fourth-order valence-corrected chi connectivity index (χ4v) is 4.75. The zero-order valence-corrected chi connectivity index (χ0v) is 20.6. The number of likely N-dealkylation sites (N-methyl/N-ethyl adjacent to an activating group) is 1. The van der Waals surface area contributed by atoms with Crippen LogP contribution in [-0.2, 0) is 14.3 Å². The van der Waals surface area contributed by atoms with Gasteiger partial charge in [-0.25, -0.2) is 4.79 Å². The lowest BCUT2D eigenvalue weighted by molar-refractivity contribution is -0.143. The number of alkyl carbamates (subject to hydrolysis) is 1. The second-order valence-corrected chi connectivity index (χ2v) is 9.41. The maximum Gasteiger partial charge on any atom is 0.407 e. The number of carboxylic acids is 1. The lowest BCUT2D eigenvalue weighted by atomic mass is 9.98. The molecule has 1 aliphatic carbocycles. The molecule has 2 aromatic carbocycles. The number of thioether (sulfide) groups is 1. The number of fused-ring (bicyclic) bond motifs is 3. The number of nitrogens with one attached hydrogen (secondary N) is 1. The minimum absolute atomic E-state index is 0.0675. The van der Waals surface area contributed by atoms with Crippen LogP contribution in [-0.4, -0.2) is 65.7 Å². The largest absolute Gasteiger partial charge is 0.481 e. The summed E-state index contributed by atoms with van der Waals surface area (Å²) in [5.74, 6) is -1.34. The van der Waals surface area contributed by atoms with E-state index in [1.807, 2.05) is 30.5 Å². The topological polar surface area (TPSA) is 95.9 Å². The first-order valence-corrected chi connectivity index (χ1v) is 12.9. The van der Waals surface area contributed by atoms with Gasteiger partial charge in [0.15, 0.2) is 0 Å². The number of carbonyl (C=O) groups excluding carboxylic acids is 2. The molecule has 1 aliphatic rings. The molecule has 8 heteroatoms. The summed E-state index contributed by atoms with van der Waals surface area (Å²) in [5, 5.41) is 11.9. The van der Waals surface area contributed by atoms with Crippen molar-refractivity contribution < 1.29 is 24.2 Å². The van der Waals surface area contributed by atoms with Crippen LogP contribution < -0.4 is 5.32 Å². The molecule has 2 N–H and O–H groups in total. The highest BCUT2D eigenvalue weighted by molar-refractivity contribution is 7.98. The number of rotatable bonds is 11. The summed E-state index contributed by atoms with van der Waals surface area (Å²) >= 11 is 1.57. The SMILES string of the molecule is CCN(CC(C)C(=O)O)C(=O)C(CCSC)NC(=O)OCC1c2ccccc2-c2ccccc21. The number of carbonyl (C=O) groups is 3. The van der Waals surface area contributed by atoms with Crippen molar-refractivity contribution in [3.8, 4) is 11.1 Å². The molecule has 0 aromatic heterocycles. The molecule has 2 unspecified atom stereocenters. The minimum atomic E-state index is -0.962. The second kappa shape index (κ2) is 11.9. The number of hydrogen-bond acceptors (Lipinski definition) is 5. The van der Waals surface area contributed by atoms with Gasteiger partial charge in [-0.2, -0.15) is 11.8 Å². The number of amides is 2. The lowest BCUT2D eigenvalue weighted by Gasteiger charge is -2.28. The molecule has 0 aliphatic heterocycles. The van der Waals surface area contributed by atoms with E-state index in [2.05, 4.69) is 29.6 Å². The molecule has 0 saturated carbocycles. The first-order chi connectivity index (χ1) is 16.4. The van der Waals surface area contributed by atoms with E-state index < -0.39 is 24.0 Å². The Morgan fingerprint density at radius 1 is 1.09 bits per heavy atom. The number of ether oxygens (including phenoxy) is 1. The molecule has 182 valence electrons. The van der Waals surface area contributed by atoms with E-state index in [-0.39, 0.29) is 25.0 Å². The summed E-state index contributed by atoms with van der Waals surface area (Å²) in [5.41, 5.74) is 4.52. The molecule has 0 fully saturated rings.